The van der Waals surface area contributed by atoms with E-state index in [1.54, 1.807) is 30.3 Å². The summed E-state index contributed by atoms with van der Waals surface area (Å²) in [6.07, 6.45) is 4.28. The van der Waals surface area contributed by atoms with Crippen LogP contribution in [0.1, 0.15) is 16.1 Å². The zero-order valence-electron chi connectivity index (χ0n) is 8.82. The van der Waals surface area contributed by atoms with Crippen LogP contribution in [0.15, 0.2) is 54.1 Å². The van der Waals surface area contributed by atoms with Crippen molar-refractivity contribution in [2.75, 3.05) is 0 Å². The lowest BCUT2D eigenvalue weighted by molar-refractivity contribution is 0.106. The Morgan fingerprint density at radius 2 is 1.94 bits per heavy atom. The second-order valence-corrected chi connectivity index (χ2v) is 3.23. The predicted molar refractivity (Wildman–Crippen MR) is 61.1 cm³/mol. The summed E-state index contributed by atoms with van der Waals surface area (Å²) in [7, 11) is 0. The molecule has 84 valence electrons. The highest BCUT2D eigenvalue weighted by Gasteiger charge is 2.17. The molecule has 0 spiro atoms. The largest absolute Gasteiger partial charge is 0.410 e. The average molecular weight is 227 g/mol. The van der Waals surface area contributed by atoms with Gasteiger partial charge in [-0.25, -0.2) is 0 Å². The van der Waals surface area contributed by atoms with E-state index >= 15 is 0 Å². The molecule has 0 aliphatic heterocycles. The van der Waals surface area contributed by atoms with Gasteiger partial charge < -0.3 is 5.21 Å². The van der Waals surface area contributed by atoms with E-state index in [0.29, 0.717) is 5.56 Å². The van der Waals surface area contributed by atoms with Gasteiger partial charge >= 0.3 is 0 Å². The zero-order chi connectivity index (χ0) is 12.1. The molecule has 5 nitrogen and oxygen atoms in total. The van der Waals surface area contributed by atoms with Crippen molar-refractivity contribution >= 4 is 11.5 Å². The maximum absolute atomic E-state index is 12.0. The summed E-state index contributed by atoms with van der Waals surface area (Å²) in [5.74, 6) is -0.395. The topological polar surface area (TPSA) is 75.4 Å². The Labute approximate surface area is 97.5 Å². The first-order valence-electron chi connectivity index (χ1n) is 4.91. The molecule has 0 bridgehead atoms. The SMILES string of the molecule is O=C(C(=NO)c1cnccn1)c1ccccc1. The van der Waals surface area contributed by atoms with E-state index < -0.39 is 5.78 Å². The Kier molecular flexibility index (Phi) is 3.20. The van der Waals surface area contributed by atoms with Gasteiger partial charge in [-0.3, -0.25) is 14.8 Å². The highest BCUT2D eigenvalue weighted by molar-refractivity contribution is 6.50. The molecule has 1 aromatic heterocycles. The van der Waals surface area contributed by atoms with Crippen molar-refractivity contribution in [1.29, 1.82) is 0 Å². The van der Waals surface area contributed by atoms with Crippen LogP contribution in [0, 0.1) is 0 Å². The molecule has 17 heavy (non-hydrogen) atoms. The third-order valence-electron chi connectivity index (χ3n) is 2.16. The van der Waals surface area contributed by atoms with Crippen molar-refractivity contribution in [2.45, 2.75) is 0 Å². The fourth-order valence-electron chi connectivity index (χ4n) is 1.36. The van der Waals surface area contributed by atoms with Crippen molar-refractivity contribution in [3.63, 3.8) is 0 Å². The molecular formula is C12H9N3O2. The molecule has 0 saturated heterocycles. The van der Waals surface area contributed by atoms with Crippen molar-refractivity contribution in [1.82, 2.24) is 9.97 Å². The number of Topliss-reactive ketones (excluding diaryl/α,β-unsaturated/α-hetero) is 1. The lowest BCUT2D eigenvalue weighted by Gasteiger charge is -2.02. The first-order valence-corrected chi connectivity index (χ1v) is 4.91. The first kappa shape index (κ1) is 10.9. The average Bonchev–Trinajstić information content (AvgIpc) is 2.42. The fourth-order valence-corrected chi connectivity index (χ4v) is 1.36. The number of oxime groups is 1. The van der Waals surface area contributed by atoms with Crippen LogP contribution in [0.2, 0.25) is 0 Å². The van der Waals surface area contributed by atoms with E-state index in [-0.39, 0.29) is 11.4 Å². The highest BCUT2D eigenvalue weighted by atomic mass is 16.4. The smallest absolute Gasteiger partial charge is 0.217 e. The van der Waals surface area contributed by atoms with Crippen LogP contribution in [-0.4, -0.2) is 26.7 Å². The van der Waals surface area contributed by atoms with Crippen LogP contribution < -0.4 is 0 Å². The van der Waals surface area contributed by atoms with Gasteiger partial charge in [0.05, 0.1) is 6.20 Å². The second-order valence-electron chi connectivity index (χ2n) is 3.23. The molecule has 0 amide bonds. The lowest BCUT2D eigenvalue weighted by atomic mass is 10.1. The molecule has 5 heteroatoms. The van der Waals surface area contributed by atoms with Gasteiger partial charge in [0.1, 0.15) is 5.69 Å². The van der Waals surface area contributed by atoms with Gasteiger partial charge in [-0.1, -0.05) is 35.5 Å². The van der Waals surface area contributed by atoms with Gasteiger partial charge in [0.15, 0.2) is 5.71 Å². The second kappa shape index (κ2) is 4.98. The van der Waals surface area contributed by atoms with Crippen LogP contribution in [0.5, 0.6) is 0 Å². The van der Waals surface area contributed by atoms with Crippen molar-refractivity contribution in [3.05, 3.63) is 60.2 Å². The number of hydrogen-bond donors (Lipinski definition) is 1. The number of carbonyl (C=O) groups excluding carboxylic acids is 1. The zero-order valence-corrected chi connectivity index (χ0v) is 8.82. The van der Waals surface area contributed by atoms with Gasteiger partial charge in [-0.05, 0) is 0 Å². The minimum atomic E-state index is -0.395. The number of benzene rings is 1. The molecule has 0 saturated carbocycles. The molecular weight excluding hydrogens is 218 g/mol. The van der Waals surface area contributed by atoms with Crippen molar-refractivity contribution in [3.8, 4) is 0 Å². The molecule has 0 fully saturated rings. The molecule has 0 radical (unpaired) electrons. The quantitative estimate of drug-likeness (QED) is 0.373. The molecule has 0 aliphatic rings. The van der Waals surface area contributed by atoms with Gasteiger partial charge in [0.25, 0.3) is 0 Å². The summed E-state index contributed by atoms with van der Waals surface area (Å²) in [4.78, 5) is 19.8. The van der Waals surface area contributed by atoms with E-state index in [4.69, 9.17) is 5.21 Å². The summed E-state index contributed by atoms with van der Waals surface area (Å²) >= 11 is 0. The van der Waals surface area contributed by atoms with E-state index in [1.807, 2.05) is 0 Å². The predicted octanol–water partition coefficient (Wildman–Crippen LogP) is 1.54. The monoisotopic (exact) mass is 227 g/mol. The Morgan fingerprint density at radius 1 is 1.18 bits per heavy atom. The summed E-state index contributed by atoms with van der Waals surface area (Å²) in [6, 6.07) is 8.56. The summed E-state index contributed by atoms with van der Waals surface area (Å²) in [5.41, 5.74) is 0.555. The van der Waals surface area contributed by atoms with E-state index in [0.717, 1.165) is 0 Å². The van der Waals surface area contributed by atoms with Gasteiger partial charge in [-0.2, -0.15) is 0 Å². The summed E-state index contributed by atoms with van der Waals surface area (Å²) < 4.78 is 0. The highest BCUT2D eigenvalue weighted by Crippen LogP contribution is 2.05. The van der Waals surface area contributed by atoms with Crippen molar-refractivity contribution in [2.24, 2.45) is 5.16 Å². The number of rotatable bonds is 3. The fraction of sp³-hybridized carbons (Fsp3) is 0. The minimum Gasteiger partial charge on any atom is -0.410 e. The number of nitrogens with zero attached hydrogens (tertiary/aromatic N) is 3. The van der Waals surface area contributed by atoms with Gasteiger partial charge in [-0.15, -0.1) is 0 Å². The standard InChI is InChI=1S/C12H9N3O2/c16-12(9-4-2-1-3-5-9)11(15-17)10-8-13-6-7-14-10/h1-8,17H. The first-order chi connectivity index (χ1) is 8.33. The molecule has 2 aromatic rings. The van der Waals surface area contributed by atoms with E-state index in [1.165, 1.54) is 18.6 Å². The molecule has 0 aliphatic carbocycles. The van der Waals surface area contributed by atoms with Crippen LogP contribution in [0.25, 0.3) is 0 Å². The molecule has 0 unspecified atom stereocenters. The maximum atomic E-state index is 12.0. The minimum absolute atomic E-state index is 0.121. The lowest BCUT2D eigenvalue weighted by Crippen LogP contribution is -2.17. The van der Waals surface area contributed by atoms with Gasteiger partial charge in [0, 0.05) is 18.0 Å². The van der Waals surface area contributed by atoms with E-state index in [2.05, 4.69) is 15.1 Å². The van der Waals surface area contributed by atoms with Crippen LogP contribution in [-0.2, 0) is 0 Å². The van der Waals surface area contributed by atoms with E-state index in [9.17, 15) is 4.79 Å². The molecule has 1 N–H and O–H groups in total. The summed E-state index contributed by atoms with van der Waals surface area (Å²) in [5, 5.41) is 11.9. The molecule has 1 heterocycles. The maximum Gasteiger partial charge on any atom is 0.217 e. The normalized spacial score (nSPS) is 11.2. The Morgan fingerprint density at radius 3 is 2.53 bits per heavy atom. The van der Waals surface area contributed by atoms with Crippen LogP contribution in [0.3, 0.4) is 0 Å². The van der Waals surface area contributed by atoms with Gasteiger partial charge in [0.2, 0.25) is 5.78 Å². The van der Waals surface area contributed by atoms with Crippen LogP contribution >= 0.6 is 0 Å². The molecule has 2 rings (SSSR count). The molecule has 1 aromatic carbocycles. The Bertz CT molecular complexity index is 538. The number of ketones is 1. The Balaban J connectivity index is 2.37. The van der Waals surface area contributed by atoms with Crippen LogP contribution in [0.4, 0.5) is 0 Å². The number of aromatic nitrogens is 2. The summed E-state index contributed by atoms with van der Waals surface area (Å²) in [6.45, 7) is 0. The number of hydrogen-bond acceptors (Lipinski definition) is 5. The third kappa shape index (κ3) is 2.34. The molecule has 0 atom stereocenters. The number of carbonyl (C=O) groups is 1. The third-order valence-corrected chi connectivity index (χ3v) is 2.16. The Hall–Kier alpha value is -2.56. The van der Waals surface area contributed by atoms with Crippen molar-refractivity contribution < 1.29 is 10.0 Å².